The van der Waals surface area contributed by atoms with Gasteiger partial charge in [-0.3, -0.25) is 9.69 Å². The van der Waals surface area contributed by atoms with Crippen molar-refractivity contribution in [3.63, 3.8) is 0 Å². The summed E-state index contributed by atoms with van der Waals surface area (Å²) in [6.45, 7) is 5.82. The number of rotatable bonds is 4. The van der Waals surface area contributed by atoms with Crippen LogP contribution in [0.2, 0.25) is 0 Å². The van der Waals surface area contributed by atoms with Gasteiger partial charge in [0.2, 0.25) is 0 Å². The van der Waals surface area contributed by atoms with E-state index >= 15 is 0 Å². The lowest BCUT2D eigenvalue weighted by Crippen LogP contribution is -2.27. The summed E-state index contributed by atoms with van der Waals surface area (Å²) in [5.41, 5.74) is 1.64. The van der Waals surface area contributed by atoms with Gasteiger partial charge in [0, 0.05) is 25.2 Å². The summed E-state index contributed by atoms with van der Waals surface area (Å²) in [5.74, 6) is 0.112. The largest absolute Gasteiger partial charge is 0.371 e. The Bertz CT molecular complexity index is 467. The van der Waals surface area contributed by atoms with Crippen LogP contribution in [0.5, 0.6) is 0 Å². The average Bonchev–Trinajstić information content (AvgIpc) is 2.96. The van der Waals surface area contributed by atoms with Gasteiger partial charge < -0.3 is 5.32 Å². The van der Waals surface area contributed by atoms with E-state index in [0.29, 0.717) is 6.04 Å². The van der Waals surface area contributed by atoms with Crippen LogP contribution in [0.4, 0.5) is 5.00 Å². The van der Waals surface area contributed by atoms with Gasteiger partial charge in [-0.25, -0.2) is 0 Å². The number of Topliss-reactive ketones (excluding diaryl/α,β-unsaturated/α-hetero) is 1. The number of likely N-dealkylation sites (tertiary alicyclic amines) is 1. The molecule has 1 saturated heterocycles. The second-order valence-electron chi connectivity index (χ2n) is 5.38. The van der Waals surface area contributed by atoms with Gasteiger partial charge in [0.15, 0.2) is 5.78 Å². The summed E-state index contributed by atoms with van der Waals surface area (Å²) in [6.07, 6.45) is 3.90. The summed E-state index contributed by atoms with van der Waals surface area (Å²) in [4.78, 5) is 14.2. The molecule has 0 aromatic carbocycles. The number of nitrogens with zero attached hydrogens (tertiary/aromatic N) is 2. The molecule has 1 aromatic heterocycles. The molecule has 1 aliphatic heterocycles. The van der Waals surface area contributed by atoms with Gasteiger partial charge in [-0.2, -0.15) is 4.37 Å². The van der Waals surface area contributed by atoms with E-state index in [2.05, 4.69) is 14.6 Å². The molecule has 4 nitrogen and oxygen atoms in total. The Morgan fingerprint density at radius 3 is 2.89 bits per heavy atom. The van der Waals surface area contributed by atoms with Crippen molar-refractivity contribution in [3.05, 3.63) is 11.3 Å². The first kappa shape index (κ1) is 12.1. The number of nitrogens with one attached hydrogen (secondary N) is 1. The normalized spacial score (nSPS) is 24.4. The van der Waals surface area contributed by atoms with E-state index in [1.165, 1.54) is 37.3 Å². The maximum Gasteiger partial charge on any atom is 0.164 e. The summed E-state index contributed by atoms with van der Waals surface area (Å²) in [5, 5.41) is 4.48. The molecule has 1 N–H and O–H groups in total. The Morgan fingerprint density at radius 2 is 2.22 bits per heavy atom. The molecule has 2 aliphatic rings. The number of anilines is 1. The minimum atomic E-state index is 0.112. The van der Waals surface area contributed by atoms with Crippen LogP contribution in [0.25, 0.3) is 0 Å². The third-order valence-electron chi connectivity index (χ3n) is 3.83. The summed E-state index contributed by atoms with van der Waals surface area (Å²) in [6, 6.07) is 1.32. The van der Waals surface area contributed by atoms with E-state index in [4.69, 9.17) is 0 Å². The van der Waals surface area contributed by atoms with Crippen molar-refractivity contribution in [2.24, 2.45) is 0 Å². The number of aromatic nitrogens is 1. The quantitative estimate of drug-likeness (QED) is 0.849. The van der Waals surface area contributed by atoms with Crippen molar-refractivity contribution in [2.45, 2.75) is 45.2 Å². The van der Waals surface area contributed by atoms with E-state index in [1.54, 1.807) is 6.92 Å². The molecule has 3 rings (SSSR count). The smallest absolute Gasteiger partial charge is 0.164 e. The first-order valence-corrected chi connectivity index (χ1v) is 7.40. The number of carbonyl (C=O) groups excluding carboxylic acids is 1. The van der Waals surface area contributed by atoms with Crippen molar-refractivity contribution in [2.75, 3.05) is 18.4 Å². The van der Waals surface area contributed by atoms with Gasteiger partial charge >= 0.3 is 0 Å². The Balaban J connectivity index is 1.67. The summed E-state index contributed by atoms with van der Waals surface area (Å²) in [7, 11) is 0. The molecule has 1 atom stereocenters. The first-order chi connectivity index (χ1) is 8.65. The van der Waals surface area contributed by atoms with Crippen molar-refractivity contribution in [1.82, 2.24) is 9.27 Å². The highest BCUT2D eigenvalue weighted by molar-refractivity contribution is 7.10. The van der Waals surface area contributed by atoms with Crippen molar-refractivity contribution in [1.29, 1.82) is 0 Å². The van der Waals surface area contributed by atoms with Crippen LogP contribution in [-0.4, -0.2) is 40.2 Å². The summed E-state index contributed by atoms with van der Waals surface area (Å²) >= 11 is 1.42. The maximum atomic E-state index is 11.6. The number of aryl methyl sites for hydroxylation is 1. The van der Waals surface area contributed by atoms with E-state index in [-0.39, 0.29) is 5.78 Å². The second-order valence-corrected chi connectivity index (χ2v) is 6.16. The monoisotopic (exact) mass is 265 g/mol. The zero-order chi connectivity index (χ0) is 12.7. The lowest BCUT2D eigenvalue weighted by atomic mass is 10.1. The molecule has 2 heterocycles. The lowest BCUT2D eigenvalue weighted by Gasteiger charge is -2.16. The Kier molecular flexibility index (Phi) is 3.11. The zero-order valence-electron chi connectivity index (χ0n) is 10.9. The van der Waals surface area contributed by atoms with Gasteiger partial charge in [-0.15, -0.1) is 0 Å². The van der Waals surface area contributed by atoms with Crippen LogP contribution >= 0.6 is 11.5 Å². The van der Waals surface area contributed by atoms with Crippen LogP contribution in [-0.2, 0) is 0 Å². The van der Waals surface area contributed by atoms with Gasteiger partial charge in [0.25, 0.3) is 0 Å². The van der Waals surface area contributed by atoms with Gasteiger partial charge in [0.05, 0.1) is 11.3 Å². The molecule has 1 saturated carbocycles. The zero-order valence-corrected chi connectivity index (χ0v) is 11.7. The van der Waals surface area contributed by atoms with E-state index < -0.39 is 0 Å². The van der Waals surface area contributed by atoms with Crippen LogP contribution < -0.4 is 5.32 Å². The van der Waals surface area contributed by atoms with E-state index in [9.17, 15) is 4.79 Å². The fourth-order valence-electron chi connectivity index (χ4n) is 2.74. The van der Waals surface area contributed by atoms with Gasteiger partial charge in [-0.05, 0) is 44.6 Å². The molecule has 0 radical (unpaired) electrons. The van der Waals surface area contributed by atoms with Crippen LogP contribution in [0.3, 0.4) is 0 Å². The molecule has 0 bridgehead atoms. The van der Waals surface area contributed by atoms with E-state index in [0.717, 1.165) is 28.8 Å². The maximum absolute atomic E-state index is 11.6. The van der Waals surface area contributed by atoms with Crippen LogP contribution in [0.1, 0.15) is 42.2 Å². The SMILES string of the molecule is CC(=O)c1c(C)nsc1NC1CCN(C2CC2)C1. The van der Waals surface area contributed by atoms with Crippen molar-refractivity contribution in [3.8, 4) is 0 Å². The van der Waals surface area contributed by atoms with Gasteiger partial charge in [0.1, 0.15) is 5.00 Å². The minimum absolute atomic E-state index is 0.112. The molecule has 18 heavy (non-hydrogen) atoms. The fraction of sp³-hybridized carbons (Fsp3) is 0.692. The lowest BCUT2D eigenvalue weighted by molar-refractivity contribution is 0.101. The standard InChI is InChI=1S/C13H19N3OS/c1-8-12(9(2)17)13(18-15-8)14-10-5-6-16(7-10)11-3-4-11/h10-11,14H,3-7H2,1-2H3. The third-order valence-corrected chi connectivity index (χ3v) is 4.70. The number of ketones is 1. The predicted octanol–water partition coefficient (Wildman–Crippen LogP) is 2.30. The van der Waals surface area contributed by atoms with Crippen molar-refractivity contribution >= 4 is 22.3 Å². The highest BCUT2D eigenvalue weighted by Gasteiger charge is 2.34. The van der Waals surface area contributed by atoms with Gasteiger partial charge in [-0.1, -0.05) is 0 Å². The minimum Gasteiger partial charge on any atom is -0.371 e. The number of hydrogen-bond donors (Lipinski definition) is 1. The second kappa shape index (κ2) is 4.63. The number of carbonyl (C=O) groups is 1. The summed E-state index contributed by atoms with van der Waals surface area (Å²) < 4.78 is 4.29. The fourth-order valence-corrected chi connectivity index (χ4v) is 3.67. The topological polar surface area (TPSA) is 45.2 Å². The average molecular weight is 265 g/mol. The molecule has 1 aliphatic carbocycles. The predicted molar refractivity (Wildman–Crippen MR) is 73.5 cm³/mol. The van der Waals surface area contributed by atoms with Crippen LogP contribution in [0.15, 0.2) is 0 Å². The highest BCUT2D eigenvalue weighted by Crippen LogP contribution is 2.32. The highest BCUT2D eigenvalue weighted by atomic mass is 32.1. The van der Waals surface area contributed by atoms with Crippen LogP contribution in [0, 0.1) is 6.92 Å². The molecule has 0 amide bonds. The van der Waals surface area contributed by atoms with E-state index in [1.807, 2.05) is 6.92 Å². The third kappa shape index (κ3) is 2.29. The molecule has 1 aromatic rings. The van der Waals surface area contributed by atoms with Crippen molar-refractivity contribution < 1.29 is 4.79 Å². The molecule has 1 unspecified atom stereocenters. The Hall–Kier alpha value is -0.940. The molecular weight excluding hydrogens is 246 g/mol. The molecule has 0 spiro atoms. The number of hydrogen-bond acceptors (Lipinski definition) is 5. The molecule has 5 heteroatoms. The Morgan fingerprint density at radius 1 is 1.44 bits per heavy atom. The Labute approximate surface area is 112 Å². The molecule has 2 fully saturated rings. The molecular formula is C13H19N3OS. The molecule has 98 valence electrons. The first-order valence-electron chi connectivity index (χ1n) is 6.63.